The summed E-state index contributed by atoms with van der Waals surface area (Å²) >= 11 is 0. The molecule has 38 heavy (non-hydrogen) atoms. The van der Waals surface area contributed by atoms with Crippen molar-refractivity contribution in [2.24, 2.45) is 10.2 Å². The Hall–Kier alpha value is -2.35. The van der Waals surface area contributed by atoms with Crippen LogP contribution in [-0.4, -0.2) is 94.8 Å². The summed E-state index contributed by atoms with van der Waals surface area (Å²) < 4.78 is 39.2. The maximum absolute atomic E-state index is 11.9. The smallest absolute Gasteiger partial charge is 0.303 e. The number of hydrogen-bond acceptors (Lipinski definition) is 8. The van der Waals surface area contributed by atoms with Crippen LogP contribution in [0.2, 0.25) is 0 Å². The summed E-state index contributed by atoms with van der Waals surface area (Å²) in [6.45, 7) is 0.258. The Kier molecular flexibility index (Phi) is 11.9. The molecule has 186 valence electrons. The van der Waals surface area contributed by atoms with Crippen molar-refractivity contribution >= 4 is 103 Å². The van der Waals surface area contributed by atoms with Gasteiger partial charge >= 0.3 is 5.97 Å². The van der Waals surface area contributed by atoms with Gasteiger partial charge in [0.2, 0.25) is 0 Å². The molecule has 0 atom stereocenters. The zero-order chi connectivity index (χ0) is 25.7. The maximum atomic E-state index is 11.9. The first-order valence-corrected chi connectivity index (χ1v) is 12.3. The minimum atomic E-state index is -4.52. The van der Waals surface area contributed by atoms with Gasteiger partial charge in [0.15, 0.2) is 0 Å². The number of aromatic nitrogens is 1. The number of anilines is 1. The van der Waals surface area contributed by atoms with Gasteiger partial charge in [0.1, 0.15) is 22.0 Å². The zero-order valence-electron chi connectivity index (χ0n) is 20.9. The van der Waals surface area contributed by atoms with Crippen molar-refractivity contribution in [1.82, 2.24) is 4.98 Å². The normalized spacial score (nSPS) is 11.1. The number of azo groups is 1. The molecule has 2 radical (unpaired) electrons. The van der Waals surface area contributed by atoms with Crippen LogP contribution in [-0.2, 0) is 14.9 Å². The Morgan fingerprint density at radius 3 is 2.32 bits per heavy atom. The average molecular weight is 553 g/mol. The van der Waals surface area contributed by atoms with E-state index in [0.717, 1.165) is 5.56 Å². The van der Waals surface area contributed by atoms with Gasteiger partial charge in [0, 0.05) is 81.9 Å². The number of fused-ring (bicyclic) bond motifs is 1. The third-order valence-corrected chi connectivity index (χ3v) is 6.17. The molecule has 3 aromatic carbocycles. The van der Waals surface area contributed by atoms with E-state index < -0.39 is 16.1 Å². The summed E-state index contributed by atoms with van der Waals surface area (Å²) in [5, 5.41) is 17.7. The SMILES string of the molecule is Nc1c(N=Nc2ccc(-c3ccccc3OCCCC(=O)O)nc2)cc(S(=O)(=O)O)c2ccccc12.[Na].[Na]. The first-order chi connectivity index (χ1) is 17.2. The molecule has 0 aliphatic rings. The van der Waals surface area contributed by atoms with E-state index in [1.165, 1.54) is 12.3 Å². The van der Waals surface area contributed by atoms with Crippen LogP contribution < -0.4 is 10.5 Å². The summed E-state index contributed by atoms with van der Waals surface area (Å²) in [5.41, 5.74) is 8.23. The first kappa shape index (κ1) is 31.9. The second-order valence-corrected chi connectivity index (χ2v) is 9.16. The van der Waals surface area contributed by atoms with Gasteiger partial charge in [-0.3, -0.25) is 14.3 Å². The number of hydrogen-bond donors (Lipinski definition) is 3. The molecule has 0 saturated heterocycles. The molecule has 0 spiro atoms. The van der Waals surface area contributed by atoms with E-state index in [-0.39, 0.29) is 93.8 Å². The number of benzene rings is 3. The molecule has 0 aliphatic carbocycles. The van der Waals surface area contributed by atoms with Crippen molar-refractivity contribution in [3.05, 3.63) is 72.9 Å². The molecule has 1 heterocycles. The predicted molar refractivity (Wildman–Crippen MR) is 146 cm³/mol. The molecular formula is C25H22N4Na2O6S. The molecule has 0 bridgehead atoms. The molecule has 0 amide bonds. The number of nitrogens with zero attached hydrogens (tertiary/aromatic N) is 3. The Balaban J connectivity index is 0.00000253. The summed E-state index contributed by atoms with van der Waals surface area (Å²) in [7, 11) is -4.52. The third kappa shape index (κ3) is 7.84. The van der Waals surface area contributed by atoms with Crippen molar-refractivity contribution in [2.75, 3.05) is 12.3 Å². The fourth-order valence-electron chi connectivity index (χ4n) is 3.57. The molecule has 10 nitrogen and oxygen atoms in total. The number of pyridine rings is 1. The number of ether oxygens (including phenoxy) is 1. The van der Waals surface area contributed by atoms with E-state index in [2.05, 4.69) is 15.2 Å². The Morgan fingerprint density at radius 1 is 0.974 bits per heavy atom. The second kappa shape index (κ2) is 14.2. The van der Waals surface area contributed by atoms with Crippen molar-refractivity contribution < 1.29 is 27.6 Å². The molecule has 0 aliphatic heterocycles. The minimum Gasteiger partial charge on any atom is -0.493 e. The van der Waals surface area contributed by atoms with E-state index in [0.29, 0.717) is 28.9 Å². The molecule has 13 heteroatoms. The molecule has 0 saturated carbocycles. The second-order valence-electron chi connectivity index (χ2n) is 7.77. The van der Waals surface area contributed by atoms with Crippen LogP contribution in [0.3, 0.4) is 0 Å². The van der Waals surface area contributed by atoms with Gasteiger partial charge in [-0.15, -0.1) is 10.2 Å². The molecule has 4 aromatic rings. The first-order valence-electron chi connectivity index (χ1n) is 10.8. The Labute approximate surface area is 263 Å². The summed E-state index contributed by atoms with van der Waals surface area (Å²) in [6, 6.07) is 18.4. The largest absolute Gasteiger partial charge is 0.493 e. The van der Waals surface area contributed by atoms with E-state index in [1.54, 1.807) is 42.5 Å². The van der Waals surface area contributed by atoms with Gasteiger partial charge in [0.05, 0.1) is 24.2 Å². The van der Waals surface area contributed by atoms with Crippen molar-refractivity contribution in [3.63, 3.8) is 0 Å². The number of para-hydroxylation sites is 1. The monoisotopic (exact) mass is 552 g/mol. The number of aliphatic carboxylic acids is 1. The fraction of sp³-hybridized carbons (Fsp3) is 0.120. The number of carboxylic acids is 1. The van der Waals surface area contributed by atoms with Gasteiger partial charge in [-0.1, -0.05) is 36.4 Å². The number of carboxylic acid groups (broad SMARTS) is 1. The number of nitrogens with two attached hydrogens (primary N) is 1. The molecule has 4 N–H and O–H groups in total. The van der Waals surface area contributed by atoms with E-state index in [1.807, 2.05) is 18.2 Å². The fourth-order valence-corrected chi connectivity index (χ4v) is 4.29. The summed E-state index contributed by atoms with van der Waals surface area (Å²) in [5.74, 6) is -0.301. The quantitative estimate of drug-likeness (QED) is 0.0889. The van der Waals surface area contributed by atoms with E-state index in [4.69, 9.17) is 15.6 Å². The van der Waals surface area contributed by atoms with Crippen LogP contribution in [0.1, 0.15) is 12.8 Å². The van der Waals surface area contributed by atoms with Gasteiger partial charge in [-0.05, 0) is 36.8 Å². The minimum absolute atomic E-state index is 0. The van der Waals surface area contributed by atoms with Crippen LogP contribution in [0.4, 0.5) is 17.1 Å². The Morgan fingerprint density at radius 2 is 1.66 bits per heavy atom. The van der Waals surface area contributed by atoms with Crippen LogP contribution in [0, 0.1) is 0 Å². The topological polar surface area (TPSA) is 165 Å². The summed E-state index contributed by atoms with van der Waals surface area (Å²) in [4.78, 5) is 14.8. The number of nitrogen functional groups attached to an aromatic ring is 1. The molecule has 1 aromatic heterocycles. The Bertz CT molecular complexity index is 1560. The third-order valence-electron chi connectivity index (χ3n) is 5.28. The maximum Gasteiger partial charge on any atom is 0.303 e. The van der Waals surface area contributed by atoms with Gasteiger partial charge in [-0.25, -0.2) is 0 Å². The molecule has 0 unspecified atom stereocenters. The average Bonchev–Trinajstić information content (AvgIpc) is 2.86. The molecule has 0 fully saturated rings. The van der Waals surface area contributed by atoms with Crippen molar-refractivity contribution in [2.45, 2.75) is 17.7 Å². The summed E-state index contributed by atoms with van der Waals surface area (Å²) in [6.07, 6.45) is 1.89. The molecule has 4 rings (SSSR count). The number of carbonyl (C=O) groups is 1. The molecular weight excluding hydrogens is 530 g/mol. The van der Waals surface area contributed by atoms with Gasteiger partial charge in [-0.2, -0.15) is 8.42 Å². The zero-order valence-corrected chi connectivity index (χ0v) is 25.7. The standard InChI is InChI=1S/C25H22N4O6S.2Na/c26-25-18-7-2-1-6-17(18)23(36(32,33)34)14-21(25)29-28-16-11-12-20(27-15-16)19-8-3-4-9-22(19)35-13-5-10-24(30)31;;/h1-4,6-9,11-12,14-15H,5,10,13,26H2,(H,30,31)(H,32,33,34);;. The van der Waals surface area contributed by atoms with Crippen molar-refractivity contribution in [3.8, 4) is 17.0 Å². The van der Waals surface area contributed by atoms with Crippen LogP contribution in [0.25, 0.3) is 22.0 Å². The van der Waals surface area contributed by atoms with Crippen LogP contribution in [0.15, 0.2) is 88.1 Å². The number of rotatable bonds is 9. The van der Waals surface area contributed by atoms with Crippen molar-refractivity contribution in [1.29, 1.82) is 0 Å². The van der Waals surface area contributed by atoms with E-state index >= 15 is 0 Å². The van der Waals surface area contributed by atoms with Gasteiger partial charge < -0.3 is 15.6 Å². The van der Waals surface area contributed by atoms with Crippen LogP contribution in [0.5, 0.6) is 5.75 Å². The predicted octanol–water partition coefficient (Wildman–Crippen LogP) is 4.63. The van der Waals surface area contributed by atoms with Crippen LogP contribution >= 0.6 is 0 Å². The van der Waals surface area contributed by atoms with E-state index in [9.17, 15) is 17.8 Å². The van der Waals surface area contributed by atoms with Gasteiger partial charge in [0.25, 0.3) is 10.1 Å².